The first-order valence-corrected chi connectivity index (χ1v) is 5.85. The van der Waals surface area contributed by atoms with Gasteiger partial charge in [-0.3, -0.25) is 9.59 Å². The monoisotopic (exact) mass is 245 g/mol. The molecule has 2 N–H and O–H groups in total. The largest absolute Gasteiger partial charge is 0.481 e. The highest BCUT2D eigenvalue weighted by molar-refractivity contribution is 6.14. The van der Waals surface area contributed by atoms with E-state index in [9.17, 15) is 9.59 Å². The number of rotatable bonds is 4. The van der Waals surface area contributed by atoms with Crippen molar-refractivity contribution >= 4 is 22.7 Å². The molecule has 1 unspecified atom stereocenters. The van der Waals surface area contributed by atoms with E-state index in [0.29, 0.717) is 5.56 Å². The highest BCUT2D eigenvalue weighted by Crippen LogP contribution is 2.24. The maximum absolute atomic E-state index is 12.3. The van der Waals surface area contributed by atoms with Gasteiger partial charge in [0.1, 0.15) is 5.92 Å². The van der Waals surface area contributed by atoms with Crippen LogP contribution in [0.25, 0.3) is 10.9 Å². The molecule has 0 amide bonds. The van der Waals surface area contributed by atoms with Crippen molar-refractivity contribution in [1.82, 2.24) is 4.98 Å². The van der Waals surface area contributed by atoms with E-state index < -0.39 is 11.9 Å². The molecule has 0 aliphatic carbocycles. The lowest BCUT2D eigenvalue weighted by molar-refractivity contribution is -0.141. The minimum atomic E-state index is -1.07. The van der Waals surface area contributed by atoms with Crippen LogP contribution in [0, 0.1) is 11.8 Å². The number of aromatic nitrogens is 1. The van der Waals surface area contributed by atoms with E-state index in [1.54, 1.807) is 20.0 Å². The Kier molecular flexibility index (Phi) is 3.19. The second kappa shape index (κ2) is 4.64. The summed E-state index contributed by atoms with van der Waals surface area (Å²) in [6, 6.07) is 7.37. The van der Waals surface area contributed by atoms with Crippen LogP contribution in [0.3, 0.4) is 0 Å². The summed E-state index contributed by atoms with van der Waals surface area (Å²) >= 11 is 0. The quantitative estimate of drug-likeness (QED) is 0.642. The molecule has 0 saturated heterocycles. The number of hydrogen-bond donors (Lipinski definition) is 2. The molecule has 1 aromatic heterocycles. The molecular formula is C14H15NO3. The molecule has 0 saturated carbocycles. The standard InChI is InChI=1S/C14H15NO3/c1-8(2)12(14(17)18)13(16)10-7-15-11-6-4-3-5-9(10)11/h3-8,12,15H,1-2H3,(H,17,18). The zero-order valence-electron chi connectivity index (χ0n) is 10.3. The van der Waals surface area contributed by atoms with Gasteiger partial charge in [0.15, 0.2) is 5.78 Å². The topological polar surface area (TPSA) is 70.2 Å². The Morgan fingerprint density at radius 3 is 2.50 bits per heavy atom. The Bertz CT molecular complexity index is 598. The molecule has 0 bridgehead atoms. The SMILES string of the molecule is CC(C)C(C(=O)O)C(=O)c1c[nH]c2ccccc12. The number of ketones is 1. The lowest BCUT2D eigenvalue weighted by atomic mass is 9.88. The molecule has 0 aliphatic heterocycles. The fourth-order valence-electron chi connectivity index (χ4n) is 2.14. The summed E-state index contributed by atoms with van der Waals surface area (Å²) in [6.07, 6.45) is 1.59. The summed E-state index contributed by atoms with van der Waals surface area (Å²) in [4.78, 5) is 26.5. The average Bonchev–Trinajstić information content (AvgIpc) is 2.71. The molecule has 1 heterocycles. The number of carbonyl (C=O) groups is 2. The maximum atomic E-state index is 12.3. The van der Waals surface area contributed by atoms with Crippen LogP contribution in [0.15, 0.2) is 30.5 Å². The summed E-state index contributed by atoms with van der Waals surface area (Å²) < 4.78 is 0. The normalized spacial score (nSPS) is 12.8. The Hall–Kier alpha value is -2.10. The summed E-state index contributed by atoms with van der Waals surface area (Å²) in [5.41, 5.74) is 1.29. The molecule has 2 rings (SSSR count). The van der Waals surface area contributed by atoms with E-state index in [1.807, 2.05) is 24.3 Å². The highest BCUT2D eigenvalue weighted by Gasteiger charge is 2.31. The van der Waals surface area contributed by atoms with Gasteiger partial charge in [0.2, 0.25) is 0 Å². The fourth-order valence-corrected chi connectivity index (χ4v) is 2.14. The maximum Gasteiger partial charge on any atom is 0.314 e. The van der Waals surface area contributed by atoms with E-state index in [0.717, 1.165) is 10.9 Å². The molecule has 0 fully saturated rings. The highest BCUT2D eigenvalue weighted by atomic mass is 16.4. The van der Waals surface area contributed by atoms with Crippen molar-refractivity contribution in [3.63, 3.8) is 0 Å². The van der Waals surface area contributed by atoms with Gasteiger partial charge in [0, 0.05) is 22.7 Å². The van der Waals surface area contributed by atoms with Gasteiger partial charge in [-0.2, -0.15) is 0 Å². The van der Waals surface area contributed by atoms with Gasteiger partial charge in [0.05, 0.1) is 0 Å². The van der Waals surface area contributed by atoms with Gasteiger partial charge in [-0.1, -0.05) is 32.0 Å². The molecule has 0 radical (unpaired) electrons. The number of fused-ring (bicyclic) bond motifs is 1. The number of Topliss-reactive ketones (excluding diaryl/α,β-unsaturated/α-hetero) is 1. The number of hydrogen-bond acceptors (Lipinski definition) is 2. The minimum Gasteiger partial charge on any atom is -0.481 e. The number of benzene rings is 1. The van der Waals surface area contributed by atoms with Crippen molar-refractivity contribution in [2.45, 2.75) is 13.8 Å². The zero-order valence-corrected chi connectivity index (χ0v) is 10.3. The van der Waals surface area contributed by atoms with Crippen LogP contribution >= 0.6 is 0 Å². The predicted molar refractivity (Wildman–Crippen MR) is 68.6 cm³/mol. The summed E-state index contributed by atoms with van der Waals surface area (Å²) in [5, 5.41) is 9.93. The smallest absolute Gasteiger partial charge is 0.314 e. The lowest BCUT2D eigenvalue weighted by Crippen LogP contribution is -2.28. The van der Waals surface area contributed by atoms with E-state index in [1.165, 1.54) is 0 Å². The summed E-state index contributed by atoms with van der Waals surface area (Å²) in [6.45, 7) is 3.48. The Labute approximate surface area is 105 Å². The van der Waals surface area contributed by atoms with Gasteiger partial charge >= 0.3 is 5.97 Å². The van der Waals surface area contributed by atoms with Crippen molar-refractivity contribution in [2.75, 3.05) is 0 Å². The molecule has 1 atom stereocenters. The number of carboxylic acids is 1. The fraction of sp³-hybridized carbons (Fsp3) is 0.286. The molecule has 1 aromatic carbocycles. The zero-order chi connectivity index (χ0) is 13.3. The first-order valence-electron chi connectivity index (χ1n) is 5.85. The van der Waals surface area contributed by atoms with Crippen LogP contribution in [0.2, 0.25) is 0 Å². The van der Waals surface area contributed by atoms with Crippen molar-refractivity contribution in [3.8, 4) is 0 Å². The second-order valence-electron chi connectivity index (χ2n) is 4.67. The van der Waals surface area contributed by atoms with Crippen LogP contribution in [-0.4, -0.2) is 21.8 Å². The van der Waals surface area contributed by atoms with Crippen molar-refractivity contribution in [3.05, 3.63) is 36.0 Å². The van der Waals surface area contributed by atoms with Crippen LogP contribution in [0.1, 0.15) is 24.2 Å². The summed E-state index contributed by atoms with van der Waals surface area (Å²) in [5.74, 6) is -2.64. The number of carboxylic acid groups (broad SMARTS) is 1. The molecule has 2 aromatic rings. The van der Waals surface area contributed by atoms with E-state index in [-0.39, 0.29) is 11.7 Å². The van der Waals surface area contributed by atoms with E-state index in [4.69, 9.17) is 5.11 Å². The average molecular weight is 245 g/mol. The van der Waals surface area contributed by atoms with Crippen LogP contribution in [-0.2, 0) is 4.79 Å². The van der Waals surface area contributed by atoms with Crippen molar-refractivity contribution < 1.29 is 14.7 Å². The van der Waals surface area contributed by atoms with Crippen LogP contribution in [0.4, 0.5) is 0 Å². The van der Waals surface area contributed by atoms with Gasteiger partial charge in [-0.15, -0.1) is 0 Å². The van der Waals surface area contributed by atoms with Gasteiger partial charge in [0.25, 0.3) is 0 Å². The number of carbonyl (C=O) groups excluding carboxylic acids is 1. The molecular weight excluding hydrogens is 230 g/mol. The lowest BCUT2D eigenvalue weighted by Gasteiger charge is -2.14. The first kappa shape index (κ1) is 12.4. The van der Waals surface area contributed by atoms with E-state index in [2.05, 4.69) is 4.98 Å². The molecule has 0 aliphatic rings. The Morgan fingerprint density at radius 1 is 1.22 bits per heavy atom. The molecule has 4 nitrogen and oxygen atoms in total. The minimum absolute atomic E-state index is 0.233. The van der Waals surface area contributed by atoms with Crippen molar-refractivity contribution in [1.29, 1.82) is 0 Å². The number of aliphatic carboxylic acids is 1. The number of H-pyrrole nitrogens is 1. The predicted octanol–water partition coefficient (Wildman–Crippen LogP) is 2.71. The van der Waals surface area contributed by atoms with Crippen molar-refractivity contribution in [2.24, 2.45) is 11.8 Å². The third-order valence-electron chi connectivity index (χ3n) is 3.07. The first-order chi connectivity index (χ1) is 8.52. The van der Waals surface area contributed by atoms with Gasteiger partial charge in [-0.05, 0) is 12.0 Å². The van der Waals surface area contributed by atoms with Gasteiger partial charge in [-0.25, -0.2) is 0 Å². The number of aromatic amines is 1. The van der Waals surface area contributed by atoms with Gasteiger partial charge < -0.3 is 10.1 Å². The number of nitrogens with one attached hydrogen (secondary N) is 1. The molecule has 94 valence electrons. The number of para-hydroxylation sites is 1. The van der Waals surface area contributed by atoms with E-state index >= 15 is 0 Å². The molecule has 4 heteroatoms. The van der Waals surface area contributed by atoms with Crippen LogP contribution < -0.4 is 0 Å². The molecule has 0 spiro atoms. The third-order valence-corrected chi connectivity index (χ3v) is 3.07. The van der Waals surface area contributed by atoms with Crippen LogP contribution in [0.5, 0.6) is 0 Å². The Balaban J connectivity index is 2.48. The molecule has 18 heavy (non-hydrogen) atoms. The second-order valence-corrected chi connectivity index (χ2v) is 4.67. The summed E-state index contributed by atoms with van der Waals surface area (Å²) in [7, 11) is 0. The third kappa shape index (κ3) is 2.01. The Morgan fingerprint density at radius 2 is 1.89 bits per heavy atom.